The van der Waals surface area contributed by atoms with Crippen molar-refractivity contribution in [2.75, 3.05) is 0 Å². The molecule has 0 amide bonds. The summed E-state index contributed by atoms with van der Waals surface area (Å²) in [5, 5.41) is 1.60. The lowest BCUT2D eigenvalue weighted by Crippen LogP contribution is -2.47. The average Bonchev–Trinajstić information content (AvgIpc) is 2.38. The Kier molecular flexibility index (Phi) is 5.39. The van der Waals surface area contributed by atoms with Crippen LogP contribution in [0, 0.1) is 26.7 Å². The Morgan fingerprint density at radius 1 is 0.958 bits per heavy atom. The average molecular weight is 341 g/mol. The number of aromatic nitrogens is 1. The van der Waals surface area contributed by atoms with E-state index in [9.17, 15) is 0 Å². The highest BCUT2D eigenvalue weighted by Crippen LogP contribution is 2.27. The molecule has 0 aliphatic heterocycles. The maximum atomic E-state index is 2.47. The topological polar surface area (TPSA) is 3.88 Å². The zero-order valence-corrected chi connectivity index (χ0v) is 18.0. The summed E-state index contributed by atoms with van der Waals surface area (Å²) in [5.74, 6) is 0.681. The largest absolute Gasteiger partial charge is 0.213 e. The number of hydrogen-bond acceptors (Lipinski definition) is 0. The van der Waals surface area contributed by atoms with Gasteiger partial charge in [-0.15, -0.1) is 0 Å². The Balaban J connectivity index is 2.73. The van der Waals surface area contributed by atoms with Gasteiger partial charge in [-0.1, -0.05) is 51.2 Å². The monoisotopic (exact) mass is 340 g/mol. The fourth-order valence-electron chi connectivity index (χ4n) is 3.81. The molecular formula is C22H34NSi+. The third-order valence-corrected chi connectivity index (χ3v) is 6.80. The van der Waals surface area contributed by atoms with Crippen molar-refractivity contribution >= 4 is 13.3 Å². The molecule has 1 aromatic heterocycles. The van der Waals surface area contributed by atoms with Gasteiger partial charge in [-0.3, -0.25) is 0 Å². The highest BCUT2D eigenvalue weighted by atomic mass is 28.3. The van der Waals surface area contributed by atoms with Crippen LogP contribution in [-0.2, 0) is 13.5 Å². The van der Waals surface area contributed by atoms with Crippen LogP contribution in [0.3, 0.4) is 0 Å². The van der Waals surface area contributed by atoms with Crippen LogP contribution >= 0.6 is 0 Å². The van der Waals surface area contributed by atoms with Gasteiger partial charge in [0.1, 0.15) is 7.05 Å². The van der Waals surface area contributed by atoms with Crippen molar-refractivity contribution < 1.29 is 4.57 Å². The molecule has 0 N–H and O–H groups in total. The van der Waals surface area contributed by atoms with Crippen LogP contribution in [0.25, 0.3) is 11.3 Å². The van der Waals surface area contributed by atoms with Crippen molar-refractivity contribution in [2.24, 2.45) is 13.0 Å². The van der Waals surface area contributed by atoms with Gasteiger partial charge in [0.2, 0.25) is 5.69 Å². The molecule has 1 nitrogen and oxygen atoms in total. The normalized spacial score (nSPS) is 12.1. The summed E-state index contributed by atoms with van der Waals surface area (Å²) in [6, 6.07) is 7.08. The molecule has 0 aliphatic rings. The molecule has 130 valence electrons. The number of pyridine rings is 1. The predicted molar refractivity (Wildman–Crippen MR) is 109 cm³/mol. The van der Waals surface area contributed by atoms with Crippen molar-refractivity contribution in [3.05, 3.63) is 46.6 Å². The van der Waals surface area contributed by atoms with E-state index in [1.54, 1.807) is 10.8 Å². The van der Waals surface area contributed by atoms with E-state index in [4.69, 9.17) is 0 Å². The van der Waals surface area contributed by atoms with E-state index in [0.717, 1.165) is 6.42 Å². The Labute approximate surface area is 149 Å². The molecule has 0 radical (unpaired) electrons. The minimum absolute atomic E-state index is 0.681. The minimum atomic E-state index is -1.36. The highest BCUT2D eigenvalue weighted by molar-refractivity contribution is 6.88. The molecule has 0 saturated heterocycles. The van der Waals surface area contributed by atoms with Gasteiger partial charge in [-0.25, -0.2) is 4.57 Å². The van der Waals surface area contributed by atoms with Crippen molar-refractivity contribution in [3.8, 4) is 11.3 Å². The Bertz CT molecular complexity index is 728. The molecule has 0 aliphatic carbocycles. The molecule has 2 heteroatoms. The lowest BCUT2D eigenvalue weighted by molar-refractivity contribution is -0.659. The van der Waals surface area contributed by atoms with Crippen molar-refractivity contribution in [1.29, 1.82) is 0 Å². The van der Waals surface area contributed by atoms with Crippen LogP contribution in [0.2, 0.25) is 19.6 Å². The van der Waals surface area contributed by atoms with Gasteiger partial charge in [-0.05, 0) is 49.8 Å². The van der Waals surface area contributed by atoms with Gasteiger partial charge in [0.15, 0.2) is 6.20 Å². The zero-order valence-electron chi connectivity index (χ0n) is 17.0. The Morgan fingerprint density at radius 2 is 1.50 bits per heavy atom. The van der Waals surface area contributed by atoms with Crippen LogP contribution in [0.4, 0.5) is 0 Å². The third-order valence-electron chi connectivity index (χ3n) is 4.73. The van der Waals surface area contributed by atoms with Gasteiger partial charge in [0, 0.05) is 11.3 Å². The molecule has 0 saturated carbocycles. The molecule has 0 fully saturated rings. The molecule has 1 aromatic carbocycles. The first-order valence-corrected chi connectivity index (χ1v) is 12.6. The van der Waals surface area contributed by atoms with Crippen LogP contribution in [0.15, 0.2) is 24.4 Å². The van der Waals surface area contributed by atoms with Gasteiger partial charge < -0.3 is 0 Å². The zero-order chi connectivity index (χ0) is 18.2. The van der Waals surface area contributed by atoms with E-state index in [2.05, 4.69) is 90.3 Å². The molecule has 1 heterocycles. The summed E-state index contributed by atoms with van der Waals surface area (Å²) in [5.41, 5.74) is 8.39. The fraction of sp³-hybridized carbons (Fsp3) is 0.500. The quantitative estimate of drug-likeness (QED) is 0.553. The summed E-state index contributed by atoms with van der Waals surface area (Å²) in [7, 11) is 0.848. The van der Waals surface area contributed by atoms with Gasteiger partial charge >= 0.3 is 0 Å². The number of rotatable bonds is 4. The Hall–Kier alpha value is -1.41. The second-order valence-corrected chi connectivity index (χ2v) is 13.9. The third kappa shape index (κ3) is 3.97. The first kappa shape index (κ1) is 18.9. The van der Waals surface area contributed by atoms with E-state index < -0.39 is 8.07 Å². The first-order valence-electron chi connectivity index (χ1n) is 9.12. The minimum Gasteiger partial charge on any atom is -0.201 e. The van der Waals surface area contributed by atoms with Crippen molar-refractivity contribution in [1.82, 2.24) is 0 Å². The van der Waals surface area contributed by atoms with Gasteiger partial charge in [0.25, 0.3) is 0 Å². The molecule has 2 aromatic rings. The molecule has 0 spiro atoms. The maximum absolute atomic E-state index is 2.47. The second-order valence-electron chi connectivity index (χ2n) is 8.83. The standard InChI is InChI=1S/C22H34NSi/c1-15(2)10-19-13-20(23(6)14-21(19)24(7,8)9)22-17(4)11-16(3)12-18(22)5/h11-15H,10H2,1-9H3/q+1. The summed E-state index contributed by atoms with van der Waals surface area (Å²) >= 11 is 0. The fourth-order valence-corrected chi connectivity index (χ4v) is 5.53. The lowest BCUT2D eigenvalue weighted by atomic mass is 9.94. The van der Waals surface area contributed by atoms with E-state index >= 15 is 0 Å². The van der Waals surface area contributed by atoms with Crippen LogP contribution in [-0.4, -0.2) is 8.07 Å². The van der Waals surface area contributed by atoms with Crippen molar-refractivity contribution in [2.45, 2.75) is 60.7 Å². The summed E-state index contributed by atoms with van der Waals surface area (Å²) in [6.07, 6.45) is 3.58. The molecule has 2 rings (SSSR count). The number of nitrogens with zero attached hydrogens (tertiary/aromatic N) is 1. The summed E-state index contributed by atoms with van der Waals surface area (Å²) < 4.78 is 2.35. The van der Waals surface area contributed by atoms with Gasteiger partial charge in [0.05, 0.1) is 13.6 Å². The smallest absolute Gasteiger partial charge is 0.201 e. The SMILES string of the molecule is Cc1cc(C)c(-c2cc(CC(C)C)c([Si](C)(C)C)c[n+]2C)c(C)c1. The molecule has 0 unspecified atom stereocenters. The van der Waals surface area contributed by atoms with E-state index in [1.165, 1.54) is 27.9 Å². The predicted octanol–water partition coefficient (Wildman–Crippen LogP) is 4.85. The summed E-state index contributed by atoms with van der Waals surface area (Å²) in [4.78, 5) is 0. The summed E-state index contributed by atoms with van der Waals surface area (Å²) in [6.45, 7) is 18.7. The molecule has 0 bridgehead atoms. The second kappa shape index (κ2) is 6.83. The Morgan fingerprint density at radius 3 is 1.96 bits per heavy atom. The van der Waals surface area contributed by atoms with E-state index in [0.29, 0.717) is 5.92 Å². The lowest BCUT2D eigenvalue weighted by Gasteiger charge is -2.22. The molecule has 0 atom stereocenters. The highest BCUT2D eigenvalue weighted by Gasteiger charge is 2.27. The van der Waals surface area contributed by atoms with Gasteiger partial charge in [-0.2, -0.15) is 0 Å². The number of benzene rings is 1. The van der Waals surface area contributed by atoms with E-state index in [-0.39, 0.29) is 0 Å². The number of aryl methyl sites for hydroxylation is 4. The van der Waals surface area contributed by atoms with E-state index in [1.807, 2.05) is 0 Å². The van der Waals surface area contributed by atoms with Crippen molar-refractivity contribution in [3.63, 3.8) is 0 Å². The van der Waals surface area contributed by atoms with Crippen LogP contribution in [0.1, 0.15) is 36.1 Å². The number of hydrogen-bond donors (Lipinski definition) is 0. The molecule has 24 heavy (non-hydrogen) atoms. The maximum Gasteiger partial charge on any atom is 0.213 e. The first-order chi connectivity index (χ1) is 11.0. The molecular weight excluding hydrogens is 306 g/mol. The van der Waals surface area contributed by atoms with Crippen LogP contribution in [0.5, 0.6) is 0 Å². The van der Waals surface area contributed by atoms with Crippen LogP contribution < -0.4 is 9.75 Å².